The standard InChI is InChI=1S/C8H16NO7P/c1-5-7(10)15-9-17(12,13-4)16-8(11)14-6(2)3/h6H,5H2,1-4H3,(H,9,12). The fourth-order valence-electron chi connectivity index (χ4n) is 0.584. The maximum Gasteiger partial charge on any atom is 0.516 e. The molecule has 0 aliphatic heterocycles. The van der Waals surface area contributed by atoms with Crippen molar-refractivity contribution in [2.45, 2.75) is 33.3 Å². The molecule has 0 aliphatic rings. The summed E-state index contributed by atoms with van der Waals surface area (Å²) in [5.74, 6) is -0.678. The second kappa shape index (κ2) is 7.26. The minimum absolute atomic E-state index is 0.0627. The first kappa shape index (κ1) is 15.9. The smallest absolute Gasteiger partial charge is 0.431 e. The van der Waals surface area contributed by atoms with Gasteiger partial charge >= 0.3 is 19.9 Å². The Balaban J connectivity index is 4.32. The number of ether oxygens (including phenoxy) is 1. The van der Waals surface area contributed by atoms with Crippen LogP contribution in [0.3, 0.4) is 0 Å². The van der Waals surface area contributed by atoms with E-state index in [-0.39, 0.29) is 6.42 Å². The average Bonchev–Trinajstić information content (AvgIpc) is 2.24. The summed E-state index contributed by atoms with van der Waals surface area (Å²) in [6.07, 6.45) is -1.57. The van der Waals surface area contributed by atoms with Crippen LogP contribution in [0.5, 0.6) is 0 Å². The van der Waals surface area contributed by atoms with Crippen molar-refractivity contribution in [3.63, 3.8) is 0 Å². The van der Waals surface area contributed by atoms with Gasteiger partial charge in [0.05, 0.1) is 6.10 Å². The van der Waals surface area contributed by atoms with Gasteiger partial charge in [-0.3, -0.25) is 9.32 Å². The van der Waals surface area contributed by atoms with Crippen LogP contribution in [0.2, 0.25) is 0 Å². The molecule has 0 amide bonds. The zero-order chi connectivity index (χ0) is 13.5. The largest absolute Gasteiger partial charge is 0.516 e. The van der Waals surface area contributed by atoms with Gasteiger partial charge in [0.2, 0.25) is 0 Å². The van der Waals surface area contributed by atoms with E-state index in [4.69, 9.17) is 0 Å². The van der Waals surface area contributed by atoms with Crippen molar-refractivity contribution >= 4 is 19.9 Å². The maximum absolute atomic E-state index is 11.7. The van der Waals surface area contributed by atoms with Crippen LogP contribution in [0.4, 0.5) is 4.79 Å². The average molecular weight is 269 g/mol. The van der Waals surface area contributed by atoms with E-state index in [2.05, 4.69) is 18.6 Å². The Morgan fingerprint density at radius 2 is 1.94 bits per heavy atom. The third-order valence-corrected chi connectivity index (χ3v) is 2.51. The summed E-state index contributed by atoms with van der Waals surface area (Å²) < 4.78 is 25.1. The predicted molar refractivity (Wildman–Crippen MR) is 56.8 cm³/mol. The molecule has 0 aromatic heterocycles. The molecular formula is C8H16NO7P. The zero-order valence-electron chi connectivity index (χ0n) is 10.1. The van der Waals surface area contributed by atoms with Crippen LogP contribution in [0.25, 0.3) is 0 Å². The summed E-state index contributed by atoms with van der Waals surface area (Å²) in [6.45, 7) is 4.71. The molecule has 0 saturated carbocycles. The van der Waals surface area contributed by atoms with E-state index in [0.717, 1.165) is 7.11 Å². The van der Waals surface area contributed by atoms with Crippen molar-refractivity contribution in [2.24, 2.45) is 0 Å². The molecule has 0 rings (SSSR count). The van der Waals surface area contributed by atoms with Crippen molar-refractivity contribution in [1.29, 1.82) is 0 Å². The summed E-state index contributed by atoms with van der Waals surface area (Å²) in [5, 5.41) is 1.76. The second-order valence-corrected chi connectivity index (χ2v) is 4.83. The monoisotopic (exact) mass is 269 g/mol. The molecule has 0 radical (unpaired) electrons. The number of carbonyl (C=O) groups excluding carboxylic acids is 2. The third kappa shape index (κ3) is 6.93. The molecular weight excluding hydrogens is 253 g/mol. The highest BCUT2D eigenvalue weighted by Crippen LogP contribution is 2.43. The van der Waals surface area contributed by atoms with E-state index >= 15 is 0 Å². The molecule has 9 heteroatoms. The van der Waals surface area contributed by atoms with Gasteiger partial charge in [-0.2, -0.15) is 0 Å². The molecule has 0 bridgehead atoms. The molecule has 0 saturated heterocycles. The summed E-state index contributed by atoms with van der Waals surface area (Å²) in [4.78, 5) is 26.2. The fourth-order valence-corrected chi connectivity index (χ4v) is 1.22. The van der Waals surface area contributed by atoms with E-state index in [1.165, 1.54) is 6.92 Å². The first-order chi connectivity index (χ1) is 7.83. The Bertz CT molecular complexity index is 317. The van der Waals surface area contributed by atoms with Crippen molar-refractivity contribution in [2.75, 3.05) is 7.11 Å². The molecule has 0 heterocycles. The summed E-state index contributed by atoms with van der Waals surface area (Å²) in [6, 6.07) is 0. The second-order valence-electron chi connectivity index (χ2n) is 3.11. The van der Waals surface area contributed by atoms with Gasteiger partial charge in [-0.1, -0.05) is 6.92 Å². The molecule has 0 spiro atoms. The van der Waals surface area contributed by atoms with E-state index in [9.17, 15) is 14.2 Å². The number of rotatable bonds is 6. The van der Waals surface area contributed by atoms with Crippen LogP contribution < -0.4 is 5.25 Å². The van der Waals surface area contributed by atoms with Gasteiger partial charge in [0.15, 0.2) is 0 Å². The van der Waals surface area contributed by atoms with Crippen molar-refractivity contribution in [3.05, 3.63) is 0 Å². The van der Waals surface area contributed by atoms with Gasteiger partial charge in [-0.05, 0) is 19.1 Å². The molecule has 0 aromatic rings. The minimum Gasteiger partial charge on any atom is -0.431 e. The van der Waals surface area contributed by atoms with Gasteiger partial charge < -0.3 is 14.1 Å². The Morgan fingerprint density at radius 1 is 1.35 bits per heavy atom. The van der Waals surface area contributed by atoms with Gasteiger partial charge in [0.25, 0.3) is 0 Å². The number of hydrogen-bond acceptors (Lipinski definition) is 7. The number of carbonyl (C=O) groups is 2. The zero-order valence-corrected chi connectivity index (χ0v) is 11.0. The Labute approximate surface area is 99.1 Å². The summed E-state index contributed by atoms with van der Waals surface area (Å²) in [7, 11) is -3.02. The molecule has 1 N–H and O–H groups in total. The van der Waals surface area contributed by atoms with Crippen molar-refractivity contribution < 1.29 is 32.8 Å². The topological polar surface area (TPSA) is 100 Å². The normalized spacial score (nSPS) is 13.9. The molecule has 100 valence electrons. The molecule has 0 fully saturated rings. The van der Waals surface area contributed by atoms with Gasteiger partial charge in [-0.15, -0.1) is 0 Å². The van der Waals surface area contributed by atoms with E-state index in [1.54, 1.807) is 19.1 Å². The first-order valence-corrected chi connectivity index (χ1v) is 6.40. The summed E-state index contributed by atoms with van der Waals surface area (Å²) >= 11 is 0. The molecule has 0 aliphatic carbocycles. The van der Waals surface area contributed by atoms with Crippen LogP contribution in [-0.2, 0) is 28.0 Å². The highest BCUT2D eigenvalue weighted by molar-refractivity contribution is 7.52. The Morgan fingerprint density at radius 3 is 2.35 bits per heavy atom. The summed E-state index contributed by atoms with van der Waals surface area (Å²) in [5.41, 5.74) is 0. The van der Waals surface area contributed by atoms with Crippen molar-refractivity contribution in [1.82, 2.24) is 5.25 Å². The molecule has 17 heavy (non-hydrogen) atoms. The quantitative estimate of drug-likeness (QED) is 0.442. The van der Waals surface area contributed by atoms with E-state index < -0.39 is 26.0 Å². The number of hydrogen-bond donors (Lipinski definition) is 1. The van der Waals surface area contributed by atoms with Crippen LogP contribution in [-0.4, -0.2) is 25.3 Å². The highest BCUT2D eigenvalue weighted by Gasteiger charge is 2.31. The van der Waals surface area contributed by atoms with Gasteiger partial charge in [-0.25, -0.2) is 9.36 Å². The van der Waals surface area contributed by atoms with Crippen LogP contribution >= 0.6 is 7.75 Å². The number of nitrogens with one attached hydrogen (secondary N) is 1. The Kier molecular flexibility index (Phi) is 6.79. The molecule has 8 nitrogen and oxygen atoms in total. The highest BCUT2D eigenvalue weighted by atomic mass is 31.2. The van der Waals surface area contributed by atoms with E-state index in [1.807, 2.05) is 0 Å². The lowest BCUT2D eigenvalue weighted by atomic mass is 10.5. The minimum atomic E-state index is -4.05. The molecule has 1 unspecified atom stereocenters. The van der Waals surface area contributed by atoms with Gasteiger partial charge in [0.1, 0.15) is 0 Å². The van der Waals surface area contributed by atoms with Crippen LogP contribution in [0.15, 0.2) is 0 Å². The maximum atomic E-state index is 11.7. The fraction of sp³-hybridized carbons (Fsp3) is 0.750. The van der Waals surface area contributed by atoms with Crippen molar-refractivity contribution in [3.8, 4) is 0 Å². The first-order valence-electron chi connectivity index (χ1n) is 4.86. The molecule has 1 atom stereocenters. The molecule has 0 aromatic carbocycles. The Hall–Kier alpha value is -1.11. The van der Waals surface area contributed by atoms with Gasteiger partial charge in [0, 0.05) is 13.5 Å². The third-order valence-electron chi connectivity index (χ3n) is 1.33. The lowest BCUT2D eigenvalue weighted by molar-refractivity contribution is -0.147. The predicted octanol–water partition coefficient (Wildman–Crippen LogP) is 1.76. The lowest BCUT2D eigenvalue weighted by Crippen LogP contribution is -2.22. The lowest BCUT2D eigenvalue weighted by Gasteiger charge is -2.16. The van der Waals surface area contributed by atoms with E-state index in [0.29, 0.717) is 0 Å². The SMILES string of the molecule is CCC(=O)ONP(=O)(OC)OC(=O)OC(C)C. The van der Waals surface area contributed by atoms with Crippen LogP contribution in [0.1, 0.15) is 27.2 Å². The van der Waals surface area contributed by atoms with Crippen LogP contribution in [0, 0.1) is 0 Å².